The van der Waals surface area contributed by atoms with Crippen LogP contribution >= 0.6 is 0 Å². The zero-order chi connectivity index (χ0) is 22.3. The molecule has 0 fully saturated rings. The van der Waals surface area contributed by atoms with E-state index in [1.54, 1.807) is 25.1 Å². The fraction of sp³-hybridized carbons (Fsp3) is 0.160. The Labute approximate surface area is 186 Å². The Hall–Kier alpha value is -4.13. The van der Waals surface area contributed by atoms with Crippen molar-refractivity contribution < 1.29 is 19.1 Å². The van der Waals surface area contributed by atoms with Crippen molar-refractivity contribution in [1.29, 1.82) is 0 Å². The first-order valence-corrected chi connectivity index (χ1v) is 10.2. The number of ether oxygens (including phenoxy) is 2. The van der Waals surface area contributed by atoms with E-state index in [0.717, 1.165) is 11.1 Å². The van der Waals surface area contributed by atoms with Crippen molar-refractivity contribution in [2.45, 2.75) is 19.3 Å². The van der Waals surface area contributed by atoms with E-state index < -0.39 is 5.92 Å². The van der Waals surface area contributed by atoms with Gasteiger partial charge in [-0.25, -0.2) is 5.43 Å². The highest BCUT2D eigenvalue weighted by Gasteiger charge is 2.22. The van der Waals surface area contributed by atoms with Gasteiger partial charge in [0, 0.05) is 17.5 Å². The van der Waals surface area contributed by atoms with Crippen LogP contribution in [0.15, 0.2) is 84.0 Å². The molecule has 0 bridgehead atoms. The second-order valence-corrected chi connectivity index (χ2v) is 7.37. The summed E-state index contributed by atoms with van der Waals surface area (Å²) in [4.78, 5) is 25.4. The summed E-state index contributed by atoms with van der Waals surface area (Å²) in [5, 5.41) is 6.94. The van der Waals surface area contributed by atoms with Gasteiger partial charge in [0.05, 0.1) is 12.3 Å². The van der Waals surface area contributed by atoms with E-state index >= 15 is 0 Å². The summed E-state index contributed by atoms with van der Waals surface area (Å²) in [6.07, 6.45) is 0.0378. The highest BCUT2D eigenvalue weighted by atomic mass is 16.7. The molecule has 1 aliphatic rings. The Morgan fingerprint density at radius 3 is 2.19 bits per heavy atom. The minimum Gasteiger partial charge on any atom is -0.454 e. The van der Waals surface area contributed by atoms with Crippen LogP contribution in [0.1, 0.15) is 30.4 Å². The van der Waals surface area contributed by atoms with E-state index in [1.165, 1.54) is 0 Å². The SMILES string of the molecule is C/C(CC(=O)Nc1ccc2c(c1)OCO2)=N\NC(=O)C(c1ccccc1)c1ccccc1. The molecule has 7 heteroatoms. The summed E-state index contributed by atoms with van der Waals surface area (Å²) in [6, 6.07) is 24.2. The molecule has 0 aliphatic carbocycles. The van der Waals surface area contributed by atoms with Crippen LogP contribution in [-0.4, -0.2) is 24.3 Å². The number of nitrogens with one attached hydrogen (secondary N) is 2. The number of rotatable bonds is 7. The molecule has 0 unspecified atom stereocenters. The molecule has 2 amide bonds. The first-order chi connectivity index (χ1) is 15.6. The number of amides is 2. The van der Waals surface area contributed by atoms with E-state index in [-0.39, 0.29) is 25.0 Å². The molecular weight excluding hydrogens is 406 g/mol. The predicted octanol–water partition coefficient (Wildman–Crippen LogP) is 4.07. The fourth-order valence-corrected chi connectivity index (χ4v) is 3.45. The number of hydrogen-bond acceptors (Lipinski definition) is 5. The topological polar surface area (TPSA) is 89.0 Å². The molecule has 0 spiro atoms. The summed E-state index contributed by atoms with van der Waals surface area (Å²) >= 11 is 0. The monoisotopic (exact) mass is 429 g/mol. The van der Waals surface area contributed by atoms with Crippen LogP contribution in [0.25, 0.3) is 0 Å². The Balaban J connectivity index is 1.39. The fourth-order valence-electron chi connectivity index (χ4n) is 3.45. The number of carbonyl (C=O) groups excluding carboxylic acids is 2. The molecular formula is C25H23N3O4. The van der Waals surface area contributed by atoms with Crippen molar-refractivity contribution in [3.8, 4) is 11.5 Å². The molecule has 3 aromatic rings. The van der Waals surface area contributed by atoms with Crippen LogP contribution in [0.5, 0.6) is 11.5 Å². The van der Waals surface area contributed by atoms with Gasteiger partial charge in [-0.05, 0) is 30.2 Å². The molecule has 1 aliphatic heterocycles. The lowest BCUT2D eigenvalue weighted by Gasteiger charge is -2.16. The summed E-state index contributed by atoms with van der Waals surface area (Å²) in [5.74, 6) is 0.222. The molecule has 0 saturated carbocycles. The second-order valence-electron chi connectivity index (χ2n) is 7.37. The third-order valence-electron chi connectivity index (χ3n) is 4.96. The van der Waals surface area contributed by atoms with Crippen molar-refractivity contribution in [2.24, 2.45) is 5.10 Å². The smallest absolute Gasteiger partial charge is 0.252 e. The Kier molecular flexibility index (Phi) is 6.46. The number of fused-ring (bicyclic) bond motifs is 1. The number of anilines is 1. The highest BCUT2D eigenvalue weighted by Crippen LogP contribution is 2.34. The van der Waals surface area contributed by atoms with Crippen molar-refractivity contribution in [1.82, 2.24) is 5.43 Å². The molecule has 0 saturated heterocycles. The number of benzene rings is 3. The molecule has 1 heterocycles. The third-order valence-corrected chi connectivity index (χ3v) is 4.96. The van der Waals surface area contributed by atoms with E-state index in [4.69, 9.17) is 9.47 Å². The molecule has 2 N–H and O–H groups in total. The largest absolute Gasteiger partial charge is 0.454 e. The Bertz CT molecular complexity index is 1090. The number of hydrazone groups is 1. The van der Waals surface area contributed by atoms with E-state index in [2.05, 4.69) is 15.8 Å². The van der Waals surface area contributed by atoms with Gasteiger partial charge in [0.25, 0.3) is 5.91 Å². The average molecular weight is 429 g/mol. The molecule has 0 aromatic heterocycles. The van der Waals surface area contributed by atoms with E-state index in [9.17, 15) is 9.59 Å². The highest BCUT2D eigenvalue weighted by molar-refractivity contribution is 6.06. The maximum Gasteiger partial charge on any atom is 0.252 e. The average Bonchev–Trinajstić information content (AvgIpc) is 3.27. The van der Waals surface area contributed by atoms with Gasteiger partial charge in [-0.3, -0.25) is 9.59 Å². The third kappa shape index (κ3) is 5.13. The number of hydrogen-bond donors (Lipinski definition) is 2. The van der Waals surface area contributed by atoms with Crippen molar-refractivity contribution in [3.63, 3.8) is 0 Å². The zero-order valence-electron chi connectivity index (χ0n) is 17.6. The summed E-state index contributed by atoms with van der Waals surface area (Å²) in [7, 11) is 0. The number of nitrogens with zero attached hydrogens (tertiary/aromatic N) is 1. The van der Waals surface area contributed by atoms with Gasteiger partial charge in [-0.2, -0.15) is 5.10 Å². The van der Waals surface area contributed by atoms with Crippen LogP contribution in [0.4, 0.5) is 5.69 Å². The standard InChI is InChI=1S/C25H23N3O4/c1-17(14-23(29)26-20-12-13-21-22(15-20)32-16-31-21)27-28-25(30)24(18-8-4-2-5-9-18)19-10-6-3-7-11-19/h2-13,15,24H,14,16H2,1H3,(H,26,29)(H,28,30)/b27-17+. The summed E-state index contributed by atoms with van der Waals surface area (Å²) < 4.78 is 10.6. The van der Waals surface area contributed by atoms with Crippen molar-refractivity contribution in [3.05, 3.63) is 90.0 Å². The van der Waals surface area contributed by atoms with E-state index in [0.29, 0.717) is 22.9 Å². The van der Waals surface area contributed by atoms with Gasteiger partial charge in [0.15, 0.2) is 11.5 Å². The lowest BCUT2D eigenvalue weighted by atomic mass is 9.91. The van der Waals surface area contributed by atoms with Crippen molar-refractivity contribution in [2.75, 3.05) is 12.1 Å². The maximum absolute atomic E-state index is 13.0. The normalized spacial score (nSPS) is 12.5. The maximum atomic E-state index is 13.0. The first-order valence-electron chi connectivity index (χ1n) is 10.2. The lowest BCUT2D eigenvalue weighted by Crippen LogP contribution is -2.27. The summed E-state index contributed by atoms with van der Waals surface area (Å²) in [6.45, 7) is 1.87. The van der Waals surface area contributed by atoms with Crippen LogP contribution < -0.4 is 20.2 Å². The van der Waals surface area contributed by atoms with Crippen molar-refractivity contribution >= 4 is 23.2 Å². The van der Waals surface area contributed by atoms with Crippen LogP contribution in [0.2, 0.25) is 0 Å². The van der Waals surface area contributed by atoms with Crippen LogP contribution in [-0.2, 0) is 9.59 Å². The van der Waals surface area contributed by atoms with Gasteiger partial charge in [-0.1, -0.05) is 60.7 Å². The van der Waals surface area contributed by atoms with Gasteiger partial charge in [0.1, 0.15) is 0 Å². The second kappa shape index (κ2) is 9.78. The molecule has 162 valence electrons. The quantitative estimate of drug-likeness (QED) is 0.438. The van der Waals surface area contributed by atoms with Crippen LogP contribution in [0, 0.1) is 0 Å². The Morgan fingerprint density at radius 2 is 1.53 bits per heavy atom. The molecule has 4 rings (SSSR count). The zero-order valence-corrected chi connectivity index (χ0v) is 17.6. The first kappa shape index (κ1) is 21.1. The predicted molar refractivity (Wildman–Crippen MR) is 122 cm³/mol. The van der Waals surface area contributed by atoms with Crippen LogP contribution in [0.3, 0.4) is 0 Å². The van der Waals surface area contributed by atoms with Gasteiger partial charge >= 0.3 is 0 Å². The van der Waals surface area contributed by atoms with E-state index in [1.807, 2.05) is 60.7 Å². The van der Waals surface area contributed by atoms with Gasteiger partial charge < -0.3 is 14.8 Å². The minimum atomic E-state index is -0.503. The van der Waals surface area contributed by atoms with Gasteiger partial charge in [-0.15, -0.1) is 0 Å². The molecule has 32 heavy (non-hydrogen) atoms. The lowest BCUT2D eigenvalue weighted by molar-refractivity contribution is -0.121. The summed E-state index contributed by atoms with van der Waals surface area (Å²) in [5.41, 5.74) is 5.43. The number of carbonyl (C=O) groups is 2. The Morgan fingerprint density at radius 1 is 0.906 bits per heavy atom. The molecule has 0 atom stereocenters. The van der Waals surface area contributed by atoms with Gasteiger partial charge in [0.2, 0.25) is 12.7 Å². The molecule has 3 aromatic carbocycles. The minimum absolute atomic E-state index is 0.0378. The molecule has 7 nitrogen and oxygen atoms in total. The molecule has 0 radical (unpaired) electrons.